The van der Waals surface area contributed by atoms with Gasteiger partial charge >= 0.3 is 0 Å². The zero-order valence-electron chi connectivity index (χ0n) is 15.0. The molecule has 0 aromatic heterocycles. The second-order valence-corrected chi connectivity index (χ2v) is 7.13. The lowest BCUT2D eigenvalue weighted by molar-refractivity contribution is -0.0814. The largest absolute Gasteiger partial charge is 0.388 e. The van der Waals surface area contributed by atoms with E-state index in [1.165, 1.54) is 44.9 Å². The van der Waals surface area contributed by atoms with E-state index >= 15 is 0 Å². The minimum Gasteiger partial charge on any atom is -0.388 e. The maximum atomic E-state index is 9.80. The van der Waals surface area contributed by atoms with Crippen molar-refractivity contribution in [3.05, 3.63) is 0 Å². The Morgan fingerprint density at radius 1 is 0.905 bits per heavy atom. The van der Waals surface area contributed by atoms with Crippen molar-refractivity contribution in [3.8, 4) is 0 Å². The first kappa shape index (κ1) is 20.9. The average molecular weight is 302 g/mol. The first-order valence-corrected chi connectivity index (χ1v) is 8.78. The molecule has 0 saturated carbocycles. The van der Waals surface area contributed by atoms with Gasteiger partial charge in [0.15, 0.2) is 0 Å². The Bertz CT molecular complexity index is 223. The molecule has 21 heavy (non-hydrogen) atoms. The maximum absolute atomic E-state index is 9.80. The lowest BCUT2D eigenvalue weighted by Gasteiger charge is -2.22. The van der Waals surface area contributed by atoms with Crippen molar-refractivity contribution in [1.82, 2.24) is 0 Å². The number of hydrogen-bond acceptors (Lipinski definition) is 3. The maximum Gasteiger partial charge on any atom is 0.101 e. The van der Waals surface area contributed by atoms with Crippen molar-refractivity contribution in [1.29, 1.82) is 0 Å². The number of hydrogen-bond donors (Lipinski definition) is 1. The number of aliphatic hydroxyl groups excluding tert-OH is 1. The quantitative estimate of drug-likeness (QED) is 0.501. The Morgan fingerprint density at radius 3 is 2.05 bits per heavy atom. The molecule has 0 radical (unpaired) electrons. The third-order valence-electron chi connectivity index (χ3n) is 3.50. The van der Waals surface area contributed by atoms with E-state index in [1.807, 2.05) is 20.8 Å². The molecular weight excluding hydrogens is 264 g/mol. The van der Waals surface area contributed by atoms with E-state index in [-0.39, 0.29) is 11.7 Å². The topological polar surface area (TPSA) is 38.7 Å². The zero-order chi connectivity index (χ0) is 16.1. The van der Waals surface area contributed by atoms with E-state index in [1.54, 1.807) is 0 Å². The molecule has 3 heteroatoms. The lowest BCUT2D eigenvalue weighted by atomic mass is 10.1. The van der Waals surface area contributed by atoms with Gasteiger partial charge in [-0.1, -0.05) is 51.9 Å². The highest BCUT2D eigenvalue weighted by atomic mass is 16.5. The number of aliphatic hydroxyl groups is 1. The van der Waals surface area contributed by atoms with Gasteiger partial charge in [-0.05, 0) is 34.1 Å². The van der Waals surface area contributed by atoms with Crippen molar-refractivity contribution in [2.75, 3.05) is 13.2 Å². The van der Waals surface area contributed by atoms with Crippen LogP contribution in [0.4, 0.5) is 0 Å². The summed E-state index contributed by atoms with van der Waals surface area (Å²) in [6, 6.07) is 0. The molecule has 0 aromatic carbocycles. The van der Waals surface area contributed by atoms with Crippen LogP contribution in [0.2, 0.25) is 0 Å². The molecule has 128 valence electrons. The smallest absolute Gasteiger partial charge is 0.101 e. The number of rotatable bonds is 13. The average Bonchev–Trinajstić information content (AvgIpc) is 2.41. The second kappa shape index (κ2) is 12.4. The van der Waals surface area contributed by atoms with Gasteiger partial charge in [0.2, 0.25) is 0 Å². The molecule has 0 amide bonds. The molecule has 2 unspecified atom stereocenters. The Balaban J connectivity index is 3.43. The Labute approximate surface area is 132 Å². The fourth-order valence-corrected chi connectivity index (χ4v) is 2.14. The van der Waals surface area contributed by atoms with Gasteiger partial charge in [-0.15, -0.1) is 0 Å². The van der Waals surface area contributed by atoms with E-state index in [2.05, 4.69) is 13.8 Å². The minimum atomic E-state index is -0.527. The lowest BCUT2D eigenvalue weighted by Crippen LogP contribution is -2.30. The summed E-state index contributed by atoms with van der Waals surface area (Å²) in [7, 11) is 0. The third kappa shape index (κ3) is 16.1. The summed E-state index contributed by atoms with van der Waals surface area (Å²) in [4.78, 5) is 0. The zero-order valence-corrected chi connectivity index (χ0v) is 15.0. The van der Waals surface area contributed by atoms with Crippen molar-refractivity contribution >= 4 is 0 Å². The predicted octanol–water partition coefficient (Wildman–Crippen LogP) is 4.71. The molecule has 0 aliphatic rings. The number of ether oxygens (including phenoxy) is 2. The summed E-state index contributed by atoms with van der Waals surface area (Å²) in [5.74, 6) is 0. The van der Waals surface area contributed by atoms with Crippen LogP contribution in [-0.4, -0.2) is 36.1 Å². The van der Waals surface area contributed by atoms with Gasteiger partial charge in [-0.25, -0.2) is 0 Å². The van der Waals surface area contributed by atoms with Crippen LogP contribution in [0.25, 0.3) is 0 Å². The Morgan fingerprint density at radius 2 is 1.48 bits per heavy atom. The summed E-state index contributed by atoms with van der Waals surface area (Å²) >= 11 is 0. The van der Waals surface area contributed by atoms with Gasteiger partial charge in [0.1, 0.15) is 6.10 Å². The minimum absolute atomic E-state index is 0.204. The summed E-state index contributed by atoms with van der Waals surface area (Å²) in [6.07, 6.45) is 10.1. The Kier molecular flexibility index (Phi) is 12.4. The summed E-state index contributed by atoms with van der Waals surface area (Å²) < 4.78 is 11.2. The third-order valence-corrected chi connectivity index (χ3v) is 3.50. The van der Waals surface area contributed by atoms with Crippen LogP contribution in [0, 0.1) is 0 Å². The normalized spacial score (nSPS) is 15.1. The number of unbranched alkanes of at least 4 members (excludes halogenated alkanes) is 6. The first-order valence-electron chi connectivity index (χ1n) is 8.78. The molecule has 2 atom stereocenters. The molecule has 0 fully saturated rings. The fourth-order valence-electron chi connectivity index (χ4n) is 2.14. The molecule has 0 saturated heterocycles. The molecule has 0 heterocycles. The van der Waals surface area contributed by atoms with Crippen LogP contribution in [-0.2, 0) is 9.47 Å². The molecular formula is C18H38O3. The standard InChI is InChI=1S/C18H38O3/c1-6-7-8-9-10-11-12-13-16(2)20-14-17(19)15-21-18(3,4)5/h16-17,19H,6-15H2,1-5H3. The molecule has 0 aliphatic heterocycles. The van der Waals surface area contributed by atoms with Crippen LogP contribution >= 0.6 is 0 Å². The van der Waals surface area contributed by atoms with E-state index in [0.29, 0.717) is 13.2 Å². The first-order chi connectivity index (χ1) is 9.85. The van der Waals surface area contributed by atoms with Gasteiger partial charge in [0.05, 0.1) is 24.9 Å². The fraction of sp³-hybridized carbons (Fsp3) is 1.00. The molecule has 3 nitrogen and oxygen atoms in total. The van der Waals surface area contributed by atoms with Gasteiger partial charge < -0.3 is 14.6 Å². The van der Waals surface area contributed by atoms with Crippen LogP contribution in [0.1, 0.15) is 86.0 Å². The van der Waals surface area contributed by atoms with Crippen molar-refractivity contribution < 1.29 is 14.6 Å². The van der Waals surface area contributed by atoms with Crippen LogP contribution in [0.15, 0.2) is 0 Å². The van der Waals surface area contributed by atoms with Crippen molar-refractivity contribution in [3.63, 3.8) is 0 Å². The van der Waals surface area contributed by atoms with Gasteiger partial charge in [0, 0.05) is 0 Å². The Hall–Kier alpha value is -0.120. The van der Waals surface area contributed by atoms with Crippen LogP contribution in [0.5, 0.6) is 0 Å². The molecule has 1 N–H and O–H groups in total. The predicted molar refractivity (Wildman–Crippen MR) is 89.7 cm³/mol. The van der Waals surface area contributed by atoms with Crippen LogP contribution < -0.4 is 0 Å². The molecule has 0 aliphatic carbocycles. The second-order valence-electron chi connectivity index (χ2n) is 7.13. The summed E-state index contributed by atoms with van der Waals surface area (Å²) in [5, 5.41) is 9.80. The molecule has 0 bridgehead atoms. The van der Waals surface area contributed by atoms with Crippen molar-refractivity contribution in [2.45, 2.75) is 104 Å². The monoisotopic (exact) mass is 302 g/mol. The molecule has 0 rings (SSSR count). The van der Waals surface area contributed by atoms with Gasteiger partial charge in [0.25, 0.3) is 0 Å². The van der Waals surface area contributed by atoms with Crippen LogP contribution in [0.3, 0.4) is 0 Å². The van der Waals surface area contributed by atoms with E-state index in [0.717, 1.165) is 6.42 Å². The van der Waals surface area contributed by atoms with Gasteiger partial charge in [-0.3, -0.25) is 0 Å². The highest BCUT2D eigenvalue weighted by Gasteiger charge is 2.14. The van der Waals surface area contributed by atoms with Gasteiger partial charge in [-0.2, -0.15) is 0 Å². The molecule has 0 spiro atoms. The van der Waals surface area contributed by atoms with E-state index in [4.69, 9.17) is 9.47 Å². The highest BCUT2D eigenvalue weighted by Crippen LogP contribution is 2.12. The summed E-state index contributed by atoms with van der Waals surface area (Å²) in [5.41, 5.74) is -0.204. The van der Waals surface area contributed by atoms with E-state index < -0.39 is 6.10 Å². The summed E-state index contributed by atoms with van der Waals surface area (Å²) in [6.45, 7) is 11.0. The molecule has 0 aromatic rings. The van der Waals surface area contributed by atoms with Crippen molar-refractivity contribution in [2.24, 2.45) is 0 Å². The van der Waals surface area contributed by atoms with E-state index in [9.17, 15) is 5.11 Å². The highest BCUT2D eigenvalue weighted by molar-refractivity contribution is 4.62. The SMILES string of the molecule is CCCCCCCCCC(C)OCC(O)COC(C)(C)C.